The predicted octanol–water partition coefficient (Wildman–Crippen LogP) is 3.46. The molecular weight excluding hydrogens is 377 g/mol. The molecule has 6 heteroatoms. The zero-order valence-electron chi connectivity index (χ0n) is 10.2. The Balaban J connectivity index is 1.85. The number of hydrogen-bond acceptors (Lipinski definition) is 4. The van der Waals surface area contributed by atoms with Crippen LogP contribution in [0.15, 0.2) is 22.7 Å². The molecule has 19 heavy (non-hydrogen) atoms. The van der Waals surface area contributed by atoms with E-state index in [1.807, 2.05) is 18.2 Å². The first kappa shape index (κ1) is 13.3. The molecule has 1 aliphatic heterocycles. The van der Waals surface area contributed by atoms with Gasteiger partial charge in [0.2, 0.25) is 0 Å². The van der Waals surface area contributed by atoms with Gasteiger partial charge in [0.1, 0.15) is 0 Å². The van der Waals surface area contributed by atoms with Gasteiger partial charge in [-0.2, -0.15) is 4.98 Å². The van der Waals surface area contributed by atoms with Crippen LogP contribution in [0.25, 0.3) is 11.5 Å². The molecule has 2 heterocycles. The maximum Gasteiger partial charge on any atom is 0.257 e. The van der Waals surface area contributed by atoms with E-state index in [9.17, 15) is 0 Å². The minimum atomic E-state index is 0.352. The molecule has 1 aromatic heterocycles. The second-order valence-electron chi connectivity index (χ2n) is 4.63. The lowest BCUT2D eigenvalue weighted by molar-refractivity contribution is 0.393. The summed E-state index contributed by atoms with van der Waals surface area (Å²) in [7, 11) is 0. The fourth-order valence-electron chi connectivity index (χ4n) is 2.22. The maximum atomic E-state index is 6.11. The van der Waals surface area contributed by atoms with Crippen LogP contribution in [0.1, 0.15) is 24.6 Å². The molecule has 1 N–H and O–H groups in total. The smallest absolute Gasteiger partial charge is 0.257 e. The van der Waals surface area contributed by atoms with Gasteiger partial charge in [-0.15, -0.1) is 0 Å². The Morgan fingerprint density at radius 2 is 2.32 bits per heavy atom. The summed E-state index contributed by atoms with van der Waals surface area (Å²) in [6.07, 6.45) is 2.27. The first-order valence-corrected chi connectivity index (χ1v) is 7.69. The third-order valence-electron chi connectivity index (χ3n) is 3.27. The number of halogens is 2. The third kappa shape index (κ3) is 2.93. The number of rotatable bonds is 2. The van der Waals surface area contributed by atoms with Crippen LogP contribution in [0.5, 0.6) is 0 Å². The molecule has 2 aromatic rings. The second kappa shape index (κ2) is 5.76. The quantitative estimate of drug-likeness (QED) is 0.799. The molecule has 0 radical (unpaired) electrons. The van der Waals surface area contributed by atoms with Gasteiger partial charge in [0.25, 0.3) is 5.89 Å². The summed E-state index contributed by atoms with van der Waals surface area (Å²) in [5.74, 6) is 1.68. The van der Waals surface area contributed by atoms with Crippen molar-refractivity contribution in [3.05, 3.63) is 32.6 Å². The number of piperidine rings is 1. The van der Waals surface area contributed by atoms with Gasteiger partial charge in [-0.1, -0.05) is 16.8 Å². The number of benzene rings is 1. The van der Waals surface area contributed by atoms with Crippen LogP contribution in [-0.4, -0.2) is 23.2 Å². The van der Waals surface area contributed by atoms with Gasteiger partial charge in [0, 0.05) is 21.6 Å². The van der Waals surface area contributed by atoms with E-state index in [2.05, 4.69) is 38.0 Å². The summed E-state index contributed by atoms with van der Waals surface area (Å²) in [5, 5.41) is 8.16. The Hall–Kier alpha value is -0.660. The Morgan fingerprint density at radius 1 is 1.42 bits per heavy atom. The highest BCUT2D eigenvalue weighted by molar-refractivity contribution is 14.1. The molecule has 0 amide bonds. The Kier molecular flexibility index (Phi) is 4.04. The highest BCUT2D eigenvalue weighted by atomic mass is 127. The molecule has 1 atom stereocenters. The summed E-state index contributed by atoms with van der Waals surface area (Å²) >= 11 is 8.31. The monoisotopic (exact) mass is 389 g/mol. The van der Waals surface area contributed by atoms with Crippen molar-refractivity contribution in [2.24, 2.45) is 0 Å². The summed E-state index contributed by atoms with van der Waals surface area (Å²) in [5.41, 5.74) is 0.868. The molecule has 1 saturated heterocycles. The molecule has 1 aliphatic rings. The van der Waals surface area contributed by atoms with Gasteiger partial charge in [-0.25, -0.2) is 0 Å². The Labute approximate surface area is 130 Å². The molecule has 4 nitrogen and oxygen atoms in total. The summed E-state index contributed by atoms with van der Waals surface area (Å²) < 4.78 is 6.36. The van der Waals surface area contributed by atoms with Crippen LogP contribution in [0.2, 0.25) is 5.02 Å². The summed E-state index contributed by atoms with van der Waals surface area (Å²) in [6.45, 7) is 2.00. The Morgan fingerprint density at radius 3 is 3.05 bits per heavy atom. The average Bonchev–Trinajstić information content (AvgIpc) is 2.93. The van der Waals surface area contributed by atoms with Gasteiger partial charge < -0.3 is 9.84 Å². The van der Waals surface area contributed by atoms with Crippen LogP contribution in [0.4, 0.5) is 0 Å². The standard InChI is InChI=1S/C13H13ClIN3O/c14-10-6-8(3-4-11(10)15)13-17-12(18-19-13)9-2-1-5-16-7-9/h3-4,6,9,16H,1-2,5,7H2. The third-order valence-corrected chi connectivity index (χ3v) is 4.84. The Bertz CT molecular complexity index is 581. The zero-order valence-corrected chi connectivity index (χ0v) is 13.1. The fourth-order valence-corrected chi connectivity index (χ4v) is 2.74. The second-order valence-corrected chi connectivity index (χ2v) is 6.20. The van der Waals surface area contributed by atoms with Crippen LogP contribution in [0.3, 0.4) is 0 Å². The van der Waals surface area contributed by atoms with Crippen molar-refractivity contribution in [3.8, 4) is 11.5 Å². The largest absolute Gasteiger partial charge is 0.334 e. The van der Waals surface area contributed by atoms with E-state index in [0.717, 1.165) is 40.9 Å². The molecule has 0 spiro atoms. The highest BCUT2D eigenvalue weighted by Gasteiger charge is 2.21. The van der Waals surface area contributed by atoms with Gasteiger partial charge in [0.05, 0.1) is 5.02 Å². The molecule has 3 rings (SSSR count). The minimum Gasteiger partial charge on any atom is -0.334 e. The SMILES string of the molecule is Clc1cc(-c2nc(C3CCCNC3)no2)ccc1I. The van der Waals surface area contributed by atoms with Crippen LogP contribution >= 0.6 is 34.2 Å². The van der Waals surface area contributed by atoms with Crippen molar-refractivity contribution >= 4 is 34.2 Å². The van der Waals surface area contributed by atoms with Crippen LogP contribution in [-0.2, 0) is 0 Å². The van der Waals surface area contributed by atoms with E-state index in [-0.39, 0.29) is 0 Å². The summed E-state index contributed by atoms with van der Waals surface area (Å²) in [6, 6.07) is 5.76. The topological polar surface area (TPSA) is 51.0 Å². The number of hydrogen-bond donors (Lipinski definition) is 1. The lowest BCUT2D eigenvalue weighted by atomic mass is 9.99. The van der Waals surface area contributed by atoms with Crippen LogP contribution < -0.4 is 5.32 Å². The fraction of sp³-hybridized carbons (Fsp3) is 0.385. The molecule has 0 aliphatic carbocycles. The van der Waals surface area contributed by atoms with Crippen molar-refractivity contribution in [2.75, 3.05) is 13.1 Å². The van der Waals surface area contributed by atoms with Gasteiger partial charge in [0.15, 0.2) is 5.82 Å². The van der Waals surface area contributed by atoms with E-state index in [0.29, 0.717) is 16.8 Å². The van der Waals surface area contributed by atoms with Crippen molar-refractivity contribution < 1.29 is 4.52 Å². The van der Waals surface area contributed by atoms with Crippen molar-refractivity contribution in [2.45, 2.75) is 18.8 Å². The predicted molar refractivity (Wildman–Crippen MR) is 82.3 cm³/mol. The number of nitrogens with one attached hydrogen (secondary N) is 1. The molecule has 1 aromatic carbocycles. The van der Waals surface area contributed by atoms with Gasteiger partial charge in [-0.3, -0.25) is 0 Å². The molecule has 1 unspecified atom stereocenters. The van der Waals surface area contributed by atoms with Crippen LogP contribution in [0, 0.1) is 3.57 Å². The van der Waals surface area contributed by atoms with Crippen molar-refractivity contribution in [1.29, 1.82) is 0 Å². The van der Waals surface area contributed by atoms with Gasteiger partial charge in [-0.05, 0) is 60.2 Å². The molecule has 100 valence electrons. The van der Waals surface area contributed by atoms with Gasteiger partial charge >= 0.3 is 0 Å². The summed E-state index contributed by atoms with van der Waals surface area (Å²) in [4.78, 5) is 4.50. The zero-order chi connectivity index (χ0) is 13.2. The highest BCUT2D eigenvalue weighted by Crippen LogP contribution is 2.27. The van der Waals surface area contributed by atoms with Crippen molar-refractivity contribution in [1.82, 2.24) is 15.5 Å². The van der Waals surface area contributed by atoms with Crippen molar-refractivity contribution in [3.63, 3.8) is 0 Å². The molecular formula is C13H13ClIN3O. The van der Waals surface area contributed by atoms with E-state index < -0.39 is 0 Å². The molecule has 0 saturated carbocycles. The first-order valence-electron chi connectivity index (χ1n) is 6.24. The van der Waals surface area contributed by atoms with E-state index >= 15 is 0 Å². The average molecular weight is 390 g/mol. The number of aromatic nitrogens is 2. The normalized spacial score (nSPS) is 19.6. The van der Waals surface area contributed by atoms with E-state index in [4.69, 9.17) is 16.1 Å². The maximum absolute atomic E-state index is 6.11. The number of nitrogens with zero attached hydrogens (tertiary/aromatic N) is 2. The molecule has 0 bridgehead atoms. The first-order chi connectivity index (χ1) is 9.24. The lowest BCUT2D eigenvalue weighted by Gasteiger charge is -2.19. The minimum absolute atomic E-state index is 0.352. The van der Waals surface area contributed by atoms with E-state index in [1.54, 1.807) is 0 Å². The molecule has 1 fully saturated rings. The van der Waals surface area contributed by atoms with E-state index in [1.165, 1.54) is 0 Å². The lowest BCUT2D eigenvalue weighted by Crippen LogP contribution is -2.28.